The van der Waals surface area contributed by atoms with Crippen molar-refractivity contribution < 1.29 is 4.74 Å². The van der Waals surface area contributed by atoms with E-state index in [1.165, 1.54) is 0 Å². The molecular weight excluding hydrogens is 292 g/mol. The first kappa shape index (κ1) is 13.2. The minimum absolute atomic E-state index is 0.622. The molecule has 0 spiro atoms. The van der Waals surface area contributed by atoms with Gasteiger partial charge in [-0.1, -0.05) is 17.7 Å². The van der Waals surface area contributed by atoms with Gasteiger partial charge in [0.15, 0.2) is 4.77 Å². The van der Waals surface area contributed by atoms with E-state index >= 15 is 0 Å². The first-order chi connectivity index (χ1) is 9.70. The van der Waals surface area contributed by atoms with E-state index in [4.69, 9.17) is 28.6 Å². The van der Waals surface area contributed by atoms with E-state index < -0.39 is 0 Å². The molecule has 102 valence electrons. The molecule has 0 atom stereocenters. The number of nitrogens with one attached hydrogen (secondary N) is 1. The van der Waals surface area contributed by atoms with Crippen LogP contribution < -0.4 is 4.74 Å². The zero-order valence-electron chi connectivity index (χ0n) is 10.9. The summed E-state index contributed by atoms with van der Waals surface area (Å²) in [7, 11) is 0. The Morgan fingerprint density at radius 3 is 2.65 bits per heavy atom. The van der Waals surface area contributed by atoms with Crippen molar-refractivity contribution in [3.8, 4) is 11.4 Å². The maximum Gasteiger partial charge on any atom is 0.182 e. The molecule has 0 saturated carbocycles. The number of rotatable bonds is 3. The van der Waals surface area contributed by atoms with E-state index in [2.05, 4.69) is 4.98 Å². The van der Waals surface area contributed by atoms with Gasteiger partial charge in [-0.05, 0) is 55.5 Å². The van der Waals surface area contributed by atoms with E-state index in [1.807, 2.05) is 54.0 Å². The molecule has 3 aromatic rings. The molecule has 0 aliphatic heterocycles. The molecule has 0 aliphatic carbocycles. The lowest BCUT2D eigenvalue weighted by Gasteiger charge is -2.07. The number of hydrogen-bond donors (Lipinski definition) is 1. The van der Waals surface area contributed by atoms with Gasteiger partial charge >= 0.3 is 0 Å². The van der Waals surface area contributed by atoms with Gasteiger partial charge in [0.2, 0.25) is 0 Å². The van der Waals surface area contributed by atoms with Gasteiger partial charge in [0.1, 0.15) is 5.75 Å². The van der Waals surface area contributed by atoms with Crippen LogP contribution in [-0.4, -0.2) is 16.2 Å². The summed E-state index contributed by atoms with van der Waals surface area (Å²) in [5, 5.41) is 0.665. The molecule has 1 N–H and O–H groups in total. The van der Waals surface area contributed by atoms with E-state index in [0.29, 0.717) is 16.4 Å². The van der Waals surface area contributed by atoms with Crippen LogP contribution in [-0.2, 0) is 0 Å². The average molecular weight is 305 g/mol. The van der Waals surface area contributed by atoms with Crippen LogP contribution >= 0.6 is 23.8 Å². The van der Waals surface area contributed by atoms with Gasteiger partial charge < -0.3 is 9.72 Å². The predicted octanol–water partition coefficient (Wildman–Crippen LogP) is 4.74. The number of fused-ring (bicyclic) bond motifs is 1. The Labute approximate surface area is 126 Å². The Morgan fingerprint density at radius 1 is 1.20 bits per heavy atom. The normalized spacial score (nSPS) is 10.9. The van der Waals surface area contributed by atoms with Crippen molar-refractivity contribution in [2.75, 3.05) is 6.61 Å². The van der Waals surface area contributed by atoms with Crippen molar-refractivity contribution in [3.63, 3.8) is 0 Å². The Morgan fingerprint density at radius 2 is 1.95 bits per heavy atom. The quantitative estimate of drug-likeness (QED) is 0.708. The van der Waals surface area contributed by atoms with Gasteiger partial charge in [-0.25, -0.2) is 0 Å². The van der Waals surface area contributed by atoms with Crippen LogP contribution in [0.5, 0.6) is 5.75 Å². The van der Waals surface area contributed by atoms with Gasteiger partial charge in [-0.15, -0.1) is 0 Å². The molecule has 0 fully saturated rings. The first-order valence-corrected chi connectivity index (χ1v) is 7.12. The molecule has 5 heteroatoms. The number of imidazole rings is 1. The van der Waals surface area contributed by atoms with Gasteiger partial charge in [-0.2, -0.15) is 0 Å². The van der Waals surface area contributed by atoms with Crippen LogP contribution in [0.25, 0.3) is 16.7 Å². The fourth-order valence-electron chi connectivity index (χ4n) is 2.21. The number of halogens is 1. The van der Waals surface area contributed by atoms with Crippen molar-refractivity contribution in [3.05, 3.63) is 52.3 Å². The van der Waals surface area contributed by atoms with Crippen molar-refractivity contribution in [2.45, 2.75) is 6.92 Å². The molecule has 0 radical (unpaired) electrons. The third-order valence-electron chi connectivity index (χ3n) is 3.07. The topological polar surface area (TPSA) is 29.9 Å². The van der Waals surface area contributed by atoms with Gasteiger partial charge in [0, 0.05) is 5.69 Å². The number of aromatic nitrogens is 2. The number of nitrogens with zero attached hydrogens (tertiary/aromatic N) is 1. The molecule has 0 unspecified atom stereocenters. The lowest BCUT2D eigenvalue weighted by Crippen LogP contribution is -1.95. The number of para-hydroxylation sites is 1. The molecule has 0 amide bonds. The Balaban J connectivity index is 2.16. The molecule has 3 rings (SSSR count). The number of aromatic amines is 1. The van der Waals surface area contributed by atoms with Crippen molar-refractivity contribution in [1.29, 1.82) is 0 Å². The fraction of sp³-hybridized carbons (Fsp3) is 0.133. The van der Waals surface area contributed by atoms with Crippen LogP contribution in [0.15, 0.2) is 42.5 Å². The third kappa shape index (κ3) is 2.21. The highest BCUT2D eigenvalue weighted by atomic mass is 35.5. The molecular formula is C15H13ClN2OS. The lowest BCUT2D eigenvalue weighted by molar-refractivity contribution is 0.340. The van der Waals surface area contributed by atoms with Crippen LogP contribution in [0.1, 0.15) is 6.92 Å². The Hall–Kier alpha value is -1.78. The van der Waals surface area contributed by atoms with E-state index in [9.17, 15) is 0 Å². The molecule has 3 nitrogen and oxygen atoms in total. The molecule has 1 aromatic heterocycles. The summed E-state index contributed by atoms with van der Waals surface area (Å²) in [4.78, 5) is 3.15. The van der Waals surface area contributed by atoms with Crippen molar-refractivity contribution in [1.82, 2.24) is 9.55 Å². The second kappa shape index (κ2) is 5.31. The zero-order valence-corrected chi connectivity index (χ0v) is 12.5. The van der Waals surface area contributed by atoms with E-state index in [1.54, 1.807) is 0 Å². The number of hydrogen-bond acceptors (Lipinski definition) is 2. The maximum atomic E-state index is 6.19. The highest BCUT2D eigenvalue weighted by molar-refractivity contribution is 7.71. The molecule has 0 aliphatic rings. The first-order valence-electron chi connectivity index (χ1n) is 6.33. The second-order valence-corrected chi connectivity index (χ2v) is 5.12. The summed E-state index contributed by atoms with van der Waals surface area (Å²) in [6.07, 6.45) is 0. The van der Waals surface area contributed by atoms with Gasteiger partial charge in [-0.3, -0.25) is 4.57 Å². The number of ether oxygens (including phenoxy) is 1. The minimum Gasteiger partial charge on any atom is -0.494 e. The Bertz CT molecular complexity index is 805. The standard InChI is InChI=1S/C15H13ClN2OS/c1-2-19-11-8-6-10(7-9-11)18-13-5-3-4-12(16)14(13)17-15(18)20/h3-9H,2H2,1H3,(H,17,20). The highest BCUT2D eigenvalue weighted by Gasteiger charge is 2.08. The molecule has 0 bridgehead atoms. The lowest BCUT2D eigenvalue weighted by atomic mass is 10.2. The smallest absolute Gasteiger partial charge is 0.182 e. The average Bonchev–Trinajstić information content (AvgIpc) is 2.78. The molecule has 1 heterocycles. The monoisotopic (exact) mass is 304 g/mol. The van der Waals surface area contributed by atoms with Gasteiger partial charge in [0.05, 0.1) is 22.7 Å². The zero-order chi connectivity index (χ0) is 14.1. The van der Waals surface area contributed by atoms with Crippen molar-refractivity contribution >= 4 is 34.9 Å². The fourth-order valence-corrected chi connectivity index (χ4v) is 2.73. The maximum absolute atomic E-state index is 6.19. The van der Waals surface area contributed by atoms with Gasteiger partial charge in [0.25, 0.3) is 0 Å². The van der Waals surface area contributed by atoms with E-state index in [-0.39, 0.29) is 0 Å². The summed E-state index contributed by atoms with van der Waals surface area (Å²) in [6, 6.07) is 13.6. The second-order valence-electron chi connectivity index (χ2n) is 4.33. The van der Waals surface area contributed by atoms with Crippen LogP contribution in [0.4, 0.5) is 0 Å². The SMILES string of the molecule is CCOc1ccc(-n2c(=S)[nH]c3c(Cl)cccc32)cc1. The number of H-pyrrole nitrogens is 1. The van der Waals surface area contributed by atoms with Crippen LogP contribution in [0.2, 0.25) is 5.02 Å². The largest absolute Gasteiger partial charge is 0.494 e. The molecule has 2 aromatic carbocycles. The van der Waals surface area contributed by atoms with Crippen molar-refractivity contribution in [2.24, 2.45) is 0 Å². The highest BCUT2D eigenvalue weighted by Crippen LogP contribution is 2.26. The summed E-state index contributed by atoms with van der Waals surface area (Å²) in [5.41, 5.74) is 2.80. The minimum atomic E-state index is 0.622. The van der Waals surface area contributed by atoms with Crippen LogP contribution in [0, 0.1) is 4.77 Å². The van der Waals surface area contributed by atoms with Crippen LogP contribution in [0.3, 0.4) is 0 Å². The van der Waals surface area contributed by atoms with E-state index in [0.717, 1.165) is 22.5 Å². The molecule has 20 heavy (non-hydrogen) atoms. The summed E-state index contributed by atoms with van der Waals surface area (Å²) >= 11 is 11.6. The summed E-state index contributed by atoms with van der Waals surface area (Å²) < 4.78 is 8.04. The third-order valence-corrected chi connectivity index (χ3v) is 3.67. The number of benzene rings is 2. The predicted molar refractivity (Wildman–Crippen MR) is 84.6 cm³/mol. The summed E-state index contributed by atoms with van der Waals surface area (Å²) in [5.74, 6) is 0.848. The summed E-state index contributed by atoms with van der Waals surface area (Å²) in [6.45, 7) is 2.62. The molecule has 0 saturated heterocycles. The Kier molecular flexibility index (Phi) is 3.51.